The lowest BCUT2D eigenvalue weighted by Crippen LogP contribution is -2.31. The van der Waals surface area contributed by atoms with E-state index in [9.17, 15) is 0 Å². The number of piperidine rings is 1. The predicted octanol–water partition coefficient (Wildman–Crippen LogP) is 2.56. The van der Waals surface area contributed by atoms with Crippen LogP contribution in [0.15, 0.2) is 0 Å². The Bertz CT molecular complexity index is 121. The van der Waals surface area contributed by atoms with Crippen LogP contribution in [0.25, 0.3) is 0 Å². The van der Waals surface area contributed by atoms with Gasteiger partial charge in [0.1, 0.15) is 0 Å². The third-order valence-electron chi connectivity index (χ3n) is 3.03. The van der Waals surface area contributed by atoms with Crippen LogP contribution in [0.5, 0.6) is 0 Å². The SMILES string of the molecule is CCCC[SH](CC)C1CCNCC1. The van der Waals surface area contributed by atoms with Crippen LogP contribution in [0, 0.1) is 0 Å². The number of unbranched alkanes of at least 4 members (excludes halogenated alkanes) is 1. The highest BCUT2D eigenvalue weighted by Crippen LogP contribution is 2.36. The van der Waals surface area contributed by atoms with Crippen LogP contribution in [0.2, 0.25) is 0 Å². The van der Waals surface area contributed by atoms with Gasteiger partial charge in [-0.2, -0.15) is 0 Å². The highest BCUT2D eigenvalue weighted by atomic mass is 32.2. The summed E-state index contributed by atoms with van der Waals surface area (Å²) in [6.45, 7) is 7.25. The van der Waals surface area contributed by atoms with Gasteiger partial charge in [-0.15, -0.1) is 0 Å². The molecule has 1 unspecified atom stereocenters. The summed E-state index contributed by atoms with van der Waals surface area (Å²) >= 11 is 0. The molecule has 1 N–H and O–H groups in total. The van der Waals surface area contributed by atoms with Crippen molar-refractivity contribution >= 4 is 10.9 Å². The fourth-order valence-corrected chi connectivity index (χ4v) is 5.04. The van der Waals surface area contributed by atoms with Gasteiger partial charge in [-0.05, 0) is 49.1 Å². The molecule has 1 saturated heterocycles. The minimum absolute atomic E-state index is 0.378. The van der Waals surface area contributed by atoms with Crippen molar-refractivity contribution in [3.05, 3.63) is 0 Å². The smallest absolute Gasteiger partial charge is 0.00390 e. The summed E-state index contributed by atoms with van der Waals surface area (Å²) in [5.41, 5.74) is 0. The molecular formula is C11H25NS. The molecule has 13 heavy (non-hydrogen) atoms. The zero-order valence-corrected chi connectivity index (χ0v) is 10.1. The summed E-state index contributed by atoms with van der Waals surface area (Å²) in [6.07, 6.45) is 5.74. The number of thiol groups is 1. The van der Waals surface area contributed by atoms with E-state index in [0.717, 1.165) is 5.25 Å². The van der Waals surface area contributed by atoms with Crippen molar-refractivity contribution in [2.24, 2.45) is 0 Å². The van der Waals surface area contributed by atoms with Gasteiger partial charge in [0.25, 0.3) is 0 Å². The number of rotatable bonds is 5. The fraction of sp³-hybridized carbons (Fsp3) is 1.00. The molecular weight excluding hydrogens is 178 g/mol. The van der Waals surface area contributed by atoms with Gasteiger partial charge in [0.2, 0.25) is 0 Å². The molecule has 0 aromatic rings. The summed E-state index contributed by atoms with van der Waals surface area (Å²) in [7, 11) is 0.378. The summed E-state index contributed by atoms with van der Waals surface area (Å²) in [4.78, 5) is 0. The van der Waals surface area contributed by atoms with Gasteiger partial charge in [0, 0.05) is 0 Å². The average Bonchev–Trinajstić information content (AvgIpc) is 2.21. The topological polar surface area (TPSA) is 12.0 Å². The zero-order valence-electron chi connectivity index (χ0n) is 9.18. The Morgan fingerprint density at radius 3 is 2.46 bits per heavy atom. The molecule has 0 saturated carbocycles. The van der Waals surface area contributed by atoms with E-state index in [2.05, 4.69) is 19.2 Å². The van der Waals surface area contributed by atoms with E-state index in [-0.39, 0.29) is 0 Å². The highest BCUT2D eigenvalue weighted by Gasteiger charge is 2.18. The predicted molar refractivity (Wildman–Crippen MR) is 65.2 cm³/mol. The van der Waals surface area contributed by atoms with E-state index in [1.807, 2.05) is 0 Å². The standard InChI is InChI=1S/C11H25NS/c1-3-5-10-13(4-2)11-6-8-12-9-7-11/h11-13H,3-10H2,1-2H3. The molecule has 1 aliphatic heterocycles. The second-order valence-electron chi connectivity index (χ2n) is 3.96. The molecule has 0 bridgehead atoms. The molecule has 1 atom stereocenters. The van der Waals surface area contributed by atoms with Gasteiger partial charge in [0.05, 0.1) is 0 Å². The van der Waals surface area contributed by atoms with Crippen molar-refractivity contribution in [2.75, 3.05) is 24.6 Å². The van der Waals surface area contributed by atoms with E-state index < -0.39 is 0 Å². The van der Waals surface area contributed by atoms with E-state index in [1.54, 1.807) is 0 Å². The molecule has 0 aliphatic carbocycles. The first-order chi connectivity index (χ1) is 6.38. The van der Waals surface area contributed by atoms with Gasteiger partial charge in [-0.25, -0.2) is 0 Å². The fourth-order valence-electron chi connectivity index (χ4n) is 2.13. The molecule has 1 aliphatic rings. The molecule has 2 heteroatoms. The van der Waals surface area contributed by atoms with E-state index in [1.165, 1.54) is 50.3 Å². The Morgan fingerprint density at radius 1 is 1.23 bits per heavy atom. The Kier molecular flexibility index (Phi) is 5.88. The normalized spacial score (nSPS) is 23.1. The molecule has 0 spiro atoms. The second kappa shape index (κ2) is 6.72. The van der Waals surface area contributed by atoms with Crippen molar-refractivity contribution in [2.45, 2.75) is 44.8 Å². The Balaban J connectivity index is 2.26. The maximum absolute atomic E-state index is 3.46. The maximum Gasteiger partial charge on any atom is -0.00390 e. The van der Waals surface area contributed by atoms with Crippen molar-refractivity contribution < 1.29 is 0 Å². The van der Waals surface area contributed by atoms with Crippen LogP contribution < -0.4 is 5.32 Å². The van der Waals surface area contributed by atoms with Crippen molar-refractivity contribution in [3.8, 4) is 0 Å². The summed E-state index contributed by atoms with van der Waals surface area (Å²) < 4.78 is 0. The van der Waals surface area contributed by atoms with Crippen LogP contribution in [-0.4, -0.2) is 29.8 Å². The number of nitrogens with one attached hydrogen (secondary N) is 1. The average molecular weight is 203 g/mol. The second-order valence-corrected chi connectivity index (χ2v) is 6.95. The summed E-state index contributed by atoms with van der Waals surface area (Å²) in [5.74, 6) is 2.99. The molecule has 0 aromatic carbocycles. The Morgan fingerprint density at radius 2 is 1.92 bits per heavy atom. The van der Waals surface area contributed by atoms with Crippen LogP contribution >= 0.6 is 10.9 Å². The summed E-state index contributed by atoms with van der Waals surface area (Å²) in [6, 6.07) is 0. The van der Waals surface area contributed by atoms with Crippen LogP contribution in [0.3, 0.4) is 0 Å². The molecule has 0 aromatic heterocycles. The van der Waals surface area contributed by atoms with Crippen molar-refractivity contribution in [3.63, 3.8) is 0 Å². The molecule has 1 fully saturated rings. The Hall–Kier alpha value is 0.310. The molecule has 80 valence electrons. The molecule has 0 amide bonds. The van der Waals surface area contributed by atoms with Crippen molar-refractivity contribution in [1.82, 2.24) is 5.32 Å². The lowest BCUT2D eigenvalue weighted by atomic mass is 10.2. The molecule has 1 rings (SSSR count). The van der Waals surface area contributed by atoms with Crippen molar-refractivity contribution in [1.29, 1.82) is 0 Å². The molecule has 1 heterocycles. The van der Waals surface area contributed by atoms with Gasteiger partial charge in [0.15, 0.2) is 0 Å². The lowest BCUT2D eigenvalue weighted by Gasteiger charge is -2.33. The van der Waals surface area contributed by atoms with Crippen LogP contribution in [0.1, 0.15) is 39.5 Å². The van der Waals surface area contributed by atoms with Gasteiger partial charge in [-0.1, -0.05) is 20.3 Å². The zero-order chi connectivity index (χ0) is 9.52. The minimum atomic E-state index is 0.378. The summed E-state index contributed by atoms with van der Waals surface area (Å²) in [5, 5.41) is 4.55. The quantitative estimate of drug-likeness (QED) is 0.655. The largest absolute Gasteiger partial charge is 0.317 e. The van der Waals surface area contributed by atoms with Crippen LogP contribution in [-0.2, 0) is 0 Å². The third kappa shape index (κ3) is 3.90. The maximum atomic E-state index is 3.46. The monoisotopic (exact) mass is 203 g/mol. The number of hydrogen-bond donors (Lipinski definition) is 2. The van der Waals surface area contributed by atoms with E-state index in [4.69, 9.17) is 0 Å². The van der Waals surface area contributed by atoms with Gasteiger partial charge >= 0.3 is 0 Å². The van der Waals surface area contributed by atoms with E-state index in [0.29, 0.717) is 10.9 Å². The molecule has 0 radical (unpaired) electrons. The minimum Gasteiger partial charge on any atom is -0.317 e. The van der Waals surface area contributed by atoms with Crippen LogP contribution in [0.4, 0.5) is 0 Å². The first kappa shape index (κ1) is 11.4. The first-order valence-electron chi connectivity index (χ1n) is 5.83. The Labute approximate surface area is 86.0 Å². The third-order valence-corrected chi connectivity index (χ3v) is 6.28. The molecule has 1 nitrogen and oxygen atoms in total. The van der Waals surface area contributed by atoms with Gasteiger partial charge < -0.3 is 5.32 Å². The lowest BCUT2D eigenvalue weighted by molar-refractivity contribution is 0.529. The van der Waals surface area contributed by atoms with Gasteiger partial charge in [-0.3, -0.25) is 10.9 Å². The highest BCUT2D eigenvalue weighted by molar-refractivity contribution is 8.17. The first-order valence-corrected chi connectivity index (χ1v) is 7.61. The number of hydrogen-bond acceptors (Lipinski definition) is 1. The van der Waals surface area contributed by atoms with E-state index >= 15 is 0 Å².